The minimum atomic E-state index is 0.611. The van der Waals surface area contributed by atoms with Crippen molar-refractivity contribution in [1.82, 2.24) is 4.90 Å². The smallest absolute Gasteiger partial charge is 0.130 e. The molecule has 1 aliphatic rings. The van der Waals surface area contributed by atoms with Crippen LogP contribution >= 0.6 is 0 Å². The lowest BCUT2D eigenvalue weighted by atomic mass is 10.0. The van der Waals surface area contributed by atoms with Gasteiger partial charge in [-0.1, -0.05) is 48.5 Å². The molecule has 0 saturated carbocycles. The minimum Gasteiger partial charge on any atom is -0.358 e. The van der Waals surface area contributed by atoms with E-state index in [1.807, 2.05) is 0 Å². The Morgan fingerprint density at radius 2 is 1.45 bits per heavy atom. The first-order valence-corrected chi connectivity index (χ1v) is 7.89. The van der Waals surface area contributed by atoms with E-state index >= 15 is 0 Å². The molecule has 2 aromatic carbocycles. The van der Waals surface area contributed by atoms with Gasteiger partial charge in [0.05, 0.1) is 6.54 Å². The third-order valence-corrected chi connectivity index (χ3v) is 4.23. The van der Waals surface area contributed by atoms with Crippen molar-refractivity contribution in [2.45, 2.75) is 19.4 Å². The second-order valence-electron chi connectivity index (χ2n) is 5.84. The highest BCUT2D eigenvalue weighted by atomic mass is 15.2. The van der Waals surface area contributed by atoms with Gasteiger partial charge in [0.15, 0.2) is 0 Å². The molecule has 0 atom stereocenters. The van der Waals surface area contributed by atoms with Gasteiger partial charge in [-0.05, 0) is 29.5 Å². The number of rotatable bonds is 5. The van der Waals surface area contributed by atoms with E-state index in [-0.39, 0.29) is 0 Å². The van der Waals surface area contributed by atoms with Crippen molar-refractivity contribution < 1.29 is 0 Å². The number of aryl methyl sites for hydroxylation is 2. The summed E-state index contributed by atoms with van der Waals surface area (Å²) < 4.78 is 0. The van der Waals surface area contributed by atoms with E-state index in [1.54, 1.807) is 0 Å². The van der Waals surface area contributed by atoms with Gasteiger partial charge in [0.1, 0.15) is 5.84 Å². The molecule has 22 heavy (non-hydrogen) atoms. The van der Waals surface area contributed by atoms with Crippen LogP contribution in [0.25, 0.3) is 0 Å². The van der Waals surface area contributed by atoms with Gasteiger partial charge in [-0.3, -0.25) is 4.99 Å². The molecule has 2 N–H and O–H groups in total. The van der Waals surface area contributed by atoms with Crippen molar-refractivity contribution in [3.63, 3.8) is 0 Å². The maximum absolute atomic E-state index is 5.63. The number of amidine groups is 1. The Labute approximate surface area is 132 Å². The molecule has 1 aliphatic heterocycles. The molecule has 0 bridgehead atoms. The summed E-state index contributed by atoms with van der Waals surface area (Å²) in [7, 11) is 2.10. The van der Waals surface area contributed by atoms with E-state index in [4.69, 9.17) is 5.73 Å². The minimum absolute atomic E-state index is 0.611. The number of hydrogen-bond donors (Lipinski definition) is 1. The molecule has 3 heteroatoms. The Hall–Kier alpha value is -2.13. The topological polar surface area (TPSA) is 41.6 Å². The van der Waals surface area contributed by atoms with E-state index in [9.17, 15) is 0 Å². The SMILES string of the molecule is CN1CCN=C1c1ccc(CCc2ccc(CN)cc2)cc1. The summed E-state index contributed by atoms with van der Waals surface area (Å²) in [5.74, 6) is 1.11. The molecule has 0 spiro atoms. The van der Waals surface area contributed by atoms with Gasteiger partial charge in [-0.2, -0.15) is 0 Å². The molecule has 0 amide bonds. The van der Waals surface area contributed by atoms with Gasteiger partial charge in [0.2, 0.25) is 0 Å². The summed E-state index contributed by atoms with van der Waals surface area (Å²) in [6.07, 6.45) is 2.12. The van der Waals surface area contributed by atoms with E-state index in [2.05, 4.69) is 65.5 Å². The summed E-state index contributed by atoms with van der Waals surface area (Å²) >= 11 is 0. The number of nitrogens with zero attached hydrogens (tertiary/aromatic N) is 2. The van der Waals surface area contributed by atoms with Gasteiger partial charge in [-0.25, -0.2) is 0 Å². The first kappa shape index (κ1) is 14.8. The van der Waals surface area contributed by atoms with E-state index < -0.39 is 0 Å². The number of nitrogens with two attached hydrogens (primary N) is 1. The van der Waals surface area contributed by atoms with Gasteiger partial charge < -0.3 is 10.6 Å². The third kappa shape index (κ3) is 3.37. The van der Waals surface area contributed by atoms with E-state index in [0.717, 1.165) is 31.8 Å². The quantitative estimate of drug-likeness (QED) is 0.920. The number of hydrogen-bond acceptors (Lipinski definition) is 3. The summed E-state index contributed by atoms with van der Waals surface area (Å²) in [5.41, 5.74) is 10.8. The van der Waals surface area contributed by atoms with Crippen molar-refractivity contribution in [3.05, 3.63) is 70.8 Å². The van der Waals surface area contributed by atoms with Gasteiger partial charge in [0.25, 0.3) is 0 Å². The van der Waals surface area contributed by atoms with Crippen molar-refractivity contribution in [2.24, 2.45) is 10.7 Å². The zero-order valence-electron chi connectivity index (χ0n) is 13.1. The van der Waals surface area contributed by atoms with Crippen LogP contribution in [0.3, 0.4) is 0 Å². The zero-order chi connectivity index (χ0) is 15.4. The monoisotopic (exact) mass is 293 g/mol. The van der Waals surface area contributed by atoms with Crippen LogP contribution in [0, 0.1) is 0 Å². The van der Waals surface area contributed by atoms with Crippen molar-refractivity contribution in [3.8, 4) is 0 Å². The lowest BCUT2D eigenvalue weighted by Gasteiger charge is -2.14. The lowest BCUT2D eigenvalue weighted by Crippen LogP contribution is -2.23. The third-order valence-electron chi connectivity index (χ3n) is 4.23. The van der Waals surface area contributed by atoms with E-state index in [1.165, 1.54) is 22.3 Å². The predicted molar refractivity (Wildman–Crippen MR) is 92.2 cm³/mol. The van der Waals surface area contributed by atoms with Crippen LogP contribution in [-0.4, -0.2) is 30.9 Å². The van der Waals surface area contributed by atoms with Crippen molar-refractivity contribution >= 4 is 5.84 Å². The largest absolute Gasteiger partial charge is 0.358 e. The van der Waals surface area contributed by atoms with Gasteiger partial charge in [0, 0.05) is 25.7 Å². The summed E-state index contributed by atoms with van der Waals surface area (Å²) in [6.45, 7) is 2.54. The van der Waals surface area contributed by atoms with Crippen LogP contribution in [0.2, 0.25) is 0 Å². The molecule has 2 aromatic rings. The maximum atomic E-state index is 5.63. The van der Waals surface area contributed by atoms with Crippen LogP contribution in [0.15, 0.2) is 53.5 Å². The Balaban J connectivity index is 1.61. The zero-order valence-corrected chi connectivity index (χ0v) is 13.1. The maximum Gasteiger partial charge on any atom is 0.130 e. The molecule has 0 aromatic heterocycles. The van der Waals surface area contributed by atoms with Gasteiger partial charge >= 0.3 is 0 Å². The fraction of sp³-hybridized carbons (Fsp3) is 0.316. The molecule has 1 heterocycles. The molecule has 3 nitrogen and oxygen atoms in total. The highest BCUT2D eigenvalue weighted by Crippen LogP contribution is 2.13. The molecule has 0 fully saturated rings. The average molecular weight is 293 g/mol. The predicted octanol–water partition coefficient (Wildman–Crippen LogP) is 2.62. The Morgan fingerprint density at radius 1 is 0.909 bits per heavy atom. The highest BCUT2D eigenvalue weighted by Gasteiger charge is 2.13. The normalized spacial score (nSPS) is 14.3. The molecular weight excluding hydrogens is 270 g/mol. The van der Waals surface area contributed by atoms with Gasteiger partial charge in [-0.15, -0.1) is 0 Å². The number of likely N-dealkylation sites (N-methyl/N-ethyl adjacent to an activating group) is 1. The first-order chi connectivity index (χ1) is 10.8. The van der Waals surface area contributed by atoms with Crippen LogP contribution in [-0.2, 0) is 19.4 Å². The molecule has 3 rings (SSSR count). The average Bonchev–Trinajstić information content (AvgIpc) is 3.00. The molecule has 0 saturated heterocycles. The fourth-order valence-corrected chi connectivity index (χ4v) is 2.80. The molecule has 0 unspecified atom stereocenters. The van der Waals surface area contributed by atoms with Crippen LogP contribution in [0.4, 0.5) is 0 Å². The summed E-state index contributed by atoms with van der Waals surface area (Å²) in [4.78, 5) is 6.78. The van der Waals surface area contributed by atoms with Crippen molar-refractivity contribution in [1.29, 1.82) is 0 Å². The Bertz CT molecular complexity index is 641. The standard InChI is InChI=1S/C19H23N3/c1-22-13-12-21-19(22)18-10-8-16(9-11-18)3-2-15-4-6-17(14-20)7-5-15/h4-11H,2-3,12-14,20H2,1H3. The van der Waals surface area contributed by atoms with Crippen molar-refractivity contribution in [2.75, 3.05) is 20.1 Å². The second-order valence-corrected chi connectivity index (χ2v) is 5.84. The molecular formula is C19H23N3. The highest BCUT2D eigenvalue weighted by molar-refractivity contribution is 5.99. The second kappa shape index (κ2) is 6.75. The Kier molecular flexibility index (Phi) is 4.54. The molecule has 0 aliphatic carbocycles. The number of aliphatic imine (C=N–C) groups is 1. The first-order valence-electron chi connectivity index (χ1n) is 7.89. The summed E-state index contributed by atoms with van der Waals surface area (Å²) in [6, 6.07) is 17.4. The van der Waals surface area contributed by atoms with Crippen LogP contribution in [0.5, 0.6) is 0 Å². The Morgan fingerprint density at radius 3 is 1.95 bits per heavy atom. The molecule has 0 radical (unpaired) electrons. The fourth-order valence-electron chi connectivity index (χ4n) is 2.80. The van der Waals surface area contributed by atoms with E-state index in [0.29, 0.717) is 6.54 Å². The summed E-state index contributed by atoms with van der Waals surface area (Å²) in [5, 5.41) is 0. The van der Waals surface area contributed by atoms with Crippen LogP contribution < -0.4 is 5.73 Å². The number of benzene rings is 2. The van der Waals surface area contributed by atoms with Crippen LogP contribution in [0.1, 0.15) is 22.3 Å². The molecule has 114 valence electrons. The lowest BCUT2D eigenvalue weighted by molar-refractivity contribution is 0.557.